The molecule has 0 bridgehead atoms. The van der Waals surface area contributed by atoms with Crippen LogP contribution in [0.15, 0.2) is 28.8 Å². The van der Waals surface area contributed by atoms with Crippen LogP contribution in [0.4, 0.5) is 4.39 Å². The lowest BCUT2D eigenvalue weighted by atomic mass is 10.0. The van der Waals surface area contributed by atoms with E-state index in [1.54, 1.807) is 6.07 Å². The van der Waals surface area contributed by atoms with Crippen molar-refractivity contribution in [2.45, 2.75) is 31.7 Å². The van der Waals surface area contributed by atoms with Crippen LogP contribution < -0.4 is 5.32 Å². The van der Waals surface area contributed by atoms with Crippen LogP contribution in [0.25, 0.3) is 0 Å². The molecule has 3 rings (SSSR count). The van der Waals surface area contributed by atoms with Crippen molar-refractivity contribution in [2.75, 3.05) is 6.54 Å². The highest BCUT2D eigenvalue weighted by atomic mass is 19.1. The molecule has 1 N–H and O–H groups in total. The van der Waals surface area contributed by atoms with Gasteiger partial charge >= 0.3 is 0 Å². The summed E-state index contributed by atoms with van der Waals surface area (Å²) in [4.78, 5) is 4.43. The first kappa shape index (κ1) is 12.3. The van der Waals surface area contributed by atoms with Crippen LogP contribution in [0.5, 0.6) is 0 Å². The maximum Gasteiger partial charge on any atom is 0.246 e. The van der Waals surface area contributed by atoms with Gasteiger partial charge in [0, 0.05) is 6.42 Å². The van der Waals surface area contributed by atoms with Gasteiger partial charge in [-0.3, -0.25) is 0 Å². The number of hydrogen-bond acceptors (Lipinski definition) is 4. The van der Waals surface area contributed by atoms with E-state index in [9.17, 15) is 4.39 Å². The molecule has 1 aromatic heterocycles. The number of nitrogens with zero attached hydrogens (tertiary/aromatic N) is 2. The standard InChI is InChI=1S/C14H16FN3O/c1-14(6-3-7-16-14)13-17-12(18-19-13)9-10-4-2-5-11(15)8-10/h2,4-5,8,16H,3,6-7,9H2,1H3. The molecule has 1 aliphatic rings. The SMILES string of the molecule is CC1(c2nc(Cc3cccc(F)c3)no2)CCCN1. The fraction of sp³-hybridized carbons (Fsp3) is 0.429. The quantitative estimate of drug-likeness (QED) is 0.921. The highest BCUT2D eigenvalue weighted by Gasteiger charge is 2.35. The molecule has 0 radical (unpaired) electrons. The second kappa shape index (κ2) is 4.74. The molecule has 1 saturated heterocycles. The van der Waals surface area contributed by atoms with Crippen molar-refractivity contribution in [1.29, 1.82) is 0 Å². The van der Waals surface area contributed by atoms with E-state index < -0.39 is 0 Å². The lowest BCUT2D eigenvalue weighted by Crippen LogP contribution is -2.33. The molecule has 1 unspecified atom stereocenters. The van der Waals surface area contributed by atoms with Gasteiger partial charge in [0.05, 0.1) is 5.54 Å². The van der Waals surface area contributed by atoms with Gasteiger partial charge in [-0.25, -0.2) is 4.39 Å². The average Bonchev–Trinajstić information content (AvgIpc) is 2.99. The Balaban J connectivity index is 1.78. The summed E-state index contributed by atoms with van der Waals surface area (Å²) in [6.45, 7) is 3.04. The molecule has 1 aliphatic heterocycles. The largest absolute Gasteiger partial charge is 0.337 e. The van der Waals surface area contributed by atoms with Crippen molar-refractivity contribution in [2.24, 2.45) is 0 Å². The minimum atomic E-state index is -0.245. The second-order valence-electron chi connectivity index (χ2n) is 5.18. The van der Waals surface area contributed by atoms with Crippen LogP contribution in [0.3, 0.4) is 0 Å². The number of rotatable bonds is 3. The van der Waals surface area contributed by atoms with Gasteiger partial charge < -0.3 is 9.84 Å². The average molecular weight is 261 g/mol. The van der Waals surface area contributed by atoms with E-state index in [0.717, 1.165) is 24.9 Å². The molecular weight excluding hydrogens is 245 g/mol. The van der Waals surface area contributed by atoms with E-state index in [1.807, 2.05) is 6.07 Å². The monoisotopic (exact) mass is 261 g/mol. The summed E-state index contributed by atoms with van der Waals surface area (Å²) in [6, 6.07) is 6.46. The first-order chi connectivity index (χ1) is 9.16. The topological polar surface area (TPSA) is 51.0 Å². The maximum absolute atomic E-state index is 13.1. The Kier molecular flexibility index (Phi) is 3.06. The smallest absolute Gasteiger partial charge is 0.246 e. The Hall–Kier alpha value is -1.75. The van der Waals surface area contributed by atoms with Crippen molar-refractivity contribution in [3.8, 4) is 0 Å². The zero-order valence-corrected chi connectivity index (χ0v) is 10.8. The first-order valence-electron chi connectivity index (χ1n) is 6.48. The minimum Gasteiger partial charge on any atom is -0.337 e. The predicted molar refractivity (Wildman–Crippen MR) is 68.1 cm³/mol. The van der Waals surface area contributed by atoms with E-state index in [-0.39, 0.29) is 11.4 Å². The summed E-state index contributed by atoms with van der Waals surface area (Å²) in [5, 5.41) is 7.36. The van der Waals surface area contributed by atoms with Gasteiger partial charge in [0.25, 0.3) is 0 Å². The molecule has 0 aliphatic carbocycles. The molecule has 2 aromatic rings. The Labute approximate surface area is 111 Å². The van der Waals surface area contributed by atoms with Crippen LogP contribution in [0.1, 0.15) is 37.0 Å². The molecule has 2 heterocycles. The van der Waals surface area contributed by atoms with Gasteiger partial charge in [-0.05, 0) is 44.0 Å². The number of benzene rings is 1. The molecule has 4 nitrogen and oxygen atoms in total. The Morgan fingerprint density at radius 1 is 1.47 bits per heavy atom. The molecule has 0 saturated carbocycles. The van der Waals surface area contributed by atoms with Gasteiger partial charge in [-0.2, -0.15) is 4.98 Å². The lowest BCUT2D eigenvalue weighted by Gasteiger charge is -2.18. The number of hydrogen-bond donors (Lipinski definition) is 1. The van der Waals surface area contributed by atoms with Gasteiger partial charge in [-0.1, -0.05) is 17.3 Å². The predicted octanol–water partition coefficient (Wildman–Crippen LogP) is 2.40. The first-order valence-corrected chi connectivity index (χ1v) is 6.48. The van der Waals surface area contributed by atoms with E-state index in [2.05, 4.69) is 22.4 Å². The van der Waals surface area contributed by atoms with Crippen LogP contribution in [-0.4, -0.2) is 16.7 Å². The minimum absolute atomic E-state index is 0.215. The molecule has 1 fully saturated rings. The fourth-order valence-corrected chi connectivity index (χ4v) is 2.46. The summed E-state index contributed by atoms with van der Waals surface area (Å²) in [6.07, 6.45) is 2.59. The summed E-state index contributed by atoms with van der Waals surface area (Å²) in [5.74, 6) is 0.970. The molecule has 0 spiro atoms. The molecule has 0 amide bonds. The van der Waals surface area contributed by atoms with Gasteiger partial charge in [0.2, 0.25) is 5.89 Å². The number of halogens is 1. The molecule has 100 valence electrons. The highest BCUT2D eigenvalue weighted by molar-refractivity contribution is 5.20. The lowest BCUT2D eigenvalue weighted by molar-refractivity contribution is 0.274. The normalized spacial score (nSPS) is 22.8. The summed E-state index contributed by atoms with van der Waals surface area (Å²) < 4.78 is 18.4. The Morgan fingerprint density at radius 2 is 2.37 bits per heavy atom. The van der Waals surface area contributed by atoms with Crippen LogP contribution in [-0.2, 0) is 12.0 Å². The second-order valence-corrected chi connectivity index (χ2v) is 5.18. The van der Waals surface area contributed by atoms with Crippen molar-refractivity contribution in [1.82, 2.24) is 15.5 Å². The van der Waals surface area contributed by atoms with Crippen LogP contribution in [0, 0.1) is 5.82 Å². The van der Waals surface area contributed by atoms with Gasteiger partial charge in [0.1, 0.15) is 5.82 Å². The van der Waals surface area contributed by atoms with Crippen molar-refractivity contribution < 1.29 is 8.91 Å². The van der Waals surface area contributed by atoms with Crippen molar-refractivity contribution in [3.63, 3.8) is 0 Å². The highest BCUT2D eigenvalue weighted by Crippen LogP contribution is 2.28. The van der Waals surface area contributed by atoms with Crippen LogP contribution >= 0.6 is 0 Å². The van der Waals surface area contributed by atoms with E-state index >= 15 is 0 Å². The molecule has 1 atom stereocenters. The third kappa shape index (κ3) is 2.51. The van der Waals surface area contributed by atoms with Crippen molar-refractivity contribution in [3.05, 3.63) is 47.4 Å². The third-order valence-corrected chi connectivity index (χ3v) is 3.56. The molecule has 5 heteroatoms. The van der Waals surface area contributed by atoms with E-state index in [1.165, 1.54) is 12.1 Å². The zero-order valence-electron chi connectivity index (χ0n) is 10.8. The van der Waals surface area contributed by atoms with Crippen molar-refractivity contribution >= 4 is 0 Å². The third-order valence-electron chi connectivity index (χ3n) is 3.56. The summed E-state index contributed by atoms with van der Waals surface area (Å²) in [7, 11) is 0. The maximum atomic E-state index is 13.1. The summed E-state index contributed by atoms with van der Waals surface area (Å²) >= 11 is 0. The van der Waals surface area contributed by atoms with Gasteiger partial charge in [0.15, 0.2) is 5.82 Å². The van der Waals surface area contributed by atoms with Gasteiger partial charge in [-0.15, -0.1) is 0 Å². The van der Waals surface area contributed by atoms with E-state index in [0.29, 0.717) is 18.1 Å². The van der Waals surface area contributed by atoms with Crippen LogP contribution in [0.2, 0.25) is 0 Å². The zero-order chi connectivity index (χ0) is 13.3. The Bertz CT molecular complexity index is 576. The Morgan fingerprint density at radius 3 is 3.11 bits per heavy atom. The van der Waals surface area contributed by atoms with E-state index in [4.69, 9.17) is 4.52 Å². The molecule has 19 heavy (non-hydrogen) atoms. The number of aromatic nitrogens is 2. The summed E-state index contributed by atoms with van der Waals surface area (Å²) in [5.41, 5.74) is 0.629. The molecule has 1 aromatic carbocycles. The molecular formula is C14H16FN3O. The number of nitrogens with one attached hydrogen (secondary N) is 1. The fourth-order valence-electron chi connectivity index (χ4n) is 2.46.